The molecule has 0 radical (unpaired) electrons. The van der Waals surface area contributed by atoms with Gasteiger partial charge in [0.25, 0.3) is 11.8 Å². The van der Waals surface area contributed by atoms with Gasteiger partial charge in [-0.25, -0.2) is 0 Å². The van der Waals surface area contributed by atoms with Crippen LogP contribution in [0.3, 0.4) is 0 Å². The van der Waals surface area contributed by atoms with Crippen LogP contribution in [0.1, 0.15) is 47.9 Å². The fraction of sp³-hybridized carbons (Fsp3) is 0.385. The van der Waals surface area contributed by atoms with E-state index in [1.807, 2.05) is 52.0 Å². The number of hydrogen-bond donors (Lipinski definition) is 4. The Kier molecular flexibility index (Phi) is 11.2. The molecule has 0 fully saturated rings. The molecule has 4 amide bonds. The van der Waals surface area contributed by atoms with E-state index in [2.05, 4.69) is 21.7 Å². The first-order valence-electron chi connectivity index (χ1n) is 11.7. The van der Waals surface area contributed by atoms with Crippen molar-refractivity contribution in [3.63, 3.8) is 0 Å². The molecule has 36 heavy (non-hydrogen) atoms. The summed E-state index contributed by atoms with van der Waals surface area (Å²) in [4.78, 5) is 47.4. The Morgan fingerprint density at radius 2 is 0.944 bits per heavy atom. The Morgan fingerprint density at radius 3 is 1.31 bits per heavy atom. The second-order valence-electron chi connectivity index (χ2n) is 8.52. The van der Waals surface area contributed by atoms with Gasteiger partial charge in [-0.1, -0.05) is 35.4 Å². The maximum absolute atomic E-state index is 11.9. The second kappa shape index (κ2) is 14.3. The van der Waals surface area contributed by atoms with E-state index in [9.17, 15) is 19.2 Å². The summed E-state index contributed by atoms with van der Waals surface area (Å²) in [6, 6.07) is 11.3. The SMILES string of the molecule is Cc1ccc(OCC(=O)NNC(=O)CCCCC(=O)NNC(=O)COc2ccc(C)cc2C)c(C)c1. The first-order valence-corrected chi connectivity index (χ1v) is 11.7. The zero-order valence-electron chi connectivity index (χ0n) is 21.2. The van der Waals surface area contributed by atoms with E-state index >= 15 is 0 Å². The van der Waals surface area contributed by atoms with Crippen LogP contribution in [0, 0.1) is 27.7 Å². The maximum atomic E-state index is 11.9. The second-order valence-corrected chi connectivity index (χ2v) is 8.52. The van der Waals surface area contributed by atoms with E-state index in [-0.39, 0.29) is 37.9 Å². The predicted octanol–water partition coefficient (Wildman–Crippen LogP) is 2.23. The number of carbonyl (C=O) groups excluding carboxylic acids is 4. The van der Waals surface area contributed by atoms with Crippen LogP contribution < -0.4 is 31.2 Å². The molecular formula is C26H34N4O6. The van der Waals surface area contributed by atoms with Gasteiger partial charge in [0.1, 0.15) is 11.5 Å². The number of amides is 4. The van der Waals surface area contributed by atoms with Crippen molar-refractivity contribution in [3.05, 3.63) is 58.7 Å². The molecule has 2 aromatic carbocycles. The lowest BCUT2D eigenvalue weighted by Crippen LogP contribution is -2.44. The highest BCUT2D eigenvalue weighted by Crippen LogP contribution is 2.19. The average molecular weight is 499 g/mol. The zero-order chi connectivity index (χ0) is 26.5. The van der Waals surface area contributed by atoms with Crippen LogP contribution in [0.2, 0.25) is 0 Å². The van der Waals surface area contributed by atoms with Crippen LogP contribution in [0.15, 0.2) is 36.4 Å². The fourth-order valence-electron chi connectivity index (χ4n) is 3.26. The number of aryl methyl sites for hydroxylation is 4. The Labute approximate surface area is 211 Å². The van der Waals surface area contributed by atoms with Gasteiger partial charge in [-0.15, -0.1) is 0 Å². The number of unbranched alkanes of at least 4 members (excludes halogenated alkanes) is 1. The van der Waals surface area contributed by atoms with Gasteiger partial charge < -0.3 is 9.47 Å². The third-order valence-corrected chi connectivity index (χ3v) is 5.12. The summed E-state index contributed by atoms with van der Waals surface area (Å²) < 4.78 is 10.9. The molecule has 4 N–H and O–H groups in total. The minimum absolute atomic E-state index is 0.127. The molecule has 0 spiro atoms. The number of benzene rings is 2. The highest BCUT2D eigenvalue weighted by Gasteiger charge is 2.09. The number of nitrogens with one attached hydrogen (secondary N) is 4. The minimum atomic E-state index is -0.486. The average Bonchev–Trinajstić information content (AvgIpc) is 2.83. The lowest BCUT2D eigenvalue weighted by molar-refractivity contribution is -0.130. The molecule has 10 heteroatoms. The lowest BCUT2D eigenvalue weighted by atomic mass is 10.1. The van der Waals surface area contributed by atoms with Crippen molar-refractivity contribution in [2.75, 3.05) is 13.2 Å². The van der Waals surface area contributed by atoms with Crippen LogP contribution >= 0.6 is 0 Å². The molecule has 0 aliphatic carbocycles. The molecule has 10 nitrogen and oxygen atoms in total. The number of carbonyl (C=O) groups is 4. The molecule has 0 saturated carbocycles. The number of hydrogen-bond acceptors (Lipinski definition) is 6. The molecule has 0 aliphatic heterocycles. The topological polar surface area (TPSA) is 135 Å². The molecule has 0 bridgehead atoms. The van der Waals surface area contributed by atoms with Gasteiger partial charge in [-0.2, -0.15) is 0 Å². The van der Waals surface area contributed by atoms with Gasteiger partial charge in [0.05, 0.1) is 0 Å². The van der Waals surface area contributed by atoms with Crippen molar-refractivity contribution in [1.29, 1.82) is 0 Å². The summed E-state index contributed by atoms with van der Waals surface area (Å²) in [5.74, 6) is -0.532. The maximum Gasteiger partial charge on any atom is 0.276 e. The van der Waals surface area contributed by atoms with Gasteiger partial charge in [0, 0.05) is 12.8 Å². The monoisotopic (exact) mass is 498 g/mol. The number of rotatable bonds is 11. The largest absolute Gasteiger partial charge is 0.483 e. The Bertz CT molecular complexity index is 1000. The summed E-state index contributed by atoms with van der Waals surface area (Å²) >= 11 is 0. The Hall–Kier alpha value is -4.08. The molecule has 0 heterocycles. The molecular weight excluding hydrogens is 464 g/mol. The van der Waals surface area contributed by atoms with E-state index in [1.54, 1.807) is 12.1 Å². The first kappa shape index (κ1) is 28.2. The molecule has 194 valence electrons. The molecule has 0 aromatic heterocycles. The van der Waals surface area contributed by atoms with E-state index in [1.165, 1.54) is 0 Å². The van der Waals surface area contributed by atoms with E-state index in [0.29, 0.717) is 24.3 Å². The Morgan fingerprint density at radius 1 is 0.583 bits per heavy atom. The molecule has 0 saturated heterocycles. The quantitative estimate of drug-likeness (QED) is 0.277. The van der Waals surface area contributed by atoms with Crippen LogP contribution in [0.25, 0.3) is 0 Å². The van der Waals surface area contributed by atoms with E-state index in [4.69, 9.17) is 9.47 Å². The predicted molar refractivity (Wildman–Crippen MR) is 134 cm³/mol. The fourth-order valence-corrected chi connectivity index (χ4v) is 3.26. The van der Waals surface area contributed by atoms with Gasteiger partial charge in [-0.3, -0.25) is 40.9 Å². The van der Waals surface area contributed by atoms with Crippen molar-refractivity contribution in [2.45, 2.75) is 53.4 Å². The summed E-state index contributed by atoms with van der Waals surface area (Å²) in [5, 5.41) is 0. The first-order chi connectivity index (χ1) is 17.1. The zero-order valence-corrected chi connectivity index (χ0v) is 21.2. The van der Waals surface area contributed by atoms with Crippen molar-refractivity contribution >= 4 is 23.6 Å². The molecule has 0 atom stereocenters. The third-order valence-electron chi connectivity index (χ3n) is 5.12. The smallest absolute Gasteiger partial charge is 0.276 e. The molecule has 0 unspecified atom stereocenters. The molecule has 0 aliphatic rings. The van der Waals surface area contributed by atoms with Crippen molar-refractivity contribution in [1.82, 2.24) is 21.7 Å². The van der Waals surface area contributed by atoms with Crippen LogP contribution in [-0.4, -0.2) is 36.8 Å². The van der Waals surface area contributed by atoms with Crippen molar-refractivity contribution < 1.29 is 28.7 Å². The molecule has 2 rings (SSSR count). The summed E-state index contributed by atoms with van der Waals surface area (Å²) in [6.45, 7) is 7.25. The lowest BCUT2D eigenvalue weighted by Gasteiger charge is -2.11. The highest BCUT2D eigenvalue weighted by molar-refractivity contribution is 5.83. The third kappa shape index (κ3) is 10.5. The van der Waals surface area contributed by atoms with Gasteiger partial charge in [0.15, 0.2) is 13.2 Å². The van der Waals surface area contributed by atoms with Gasteiger partial charge >= 0.3 is 0 Å². The minimum Gasteiger partial charge on any atom is -0.483 e. The Balaban J connectivity index is 1.52. The molecule has 2 aromatic rings. The number of hydrazine groups is 2. The van der Waals surface area contributed by atoms with Crippen LogP contribution in [-0.2, 0) is 19.2 Å². The normalized spacial score (nSPS) is 10.2. The standard InChI is InChI=1S/C26H34N4O6/c1-17-9-11-21(19(3)13-17)35-15-25(33)29-27-23(31)7-5-6-8-24(32)28-30-26(34)16-36-22-12-10-18(2)14-20(22)4/h9-14H,5-8,15-16H2,1-4H3,(H,27,31)(H,28,32)(H,29,33)(H,30,34). The van der Waals surface area contributed by atoms with Crippen LogP contribution in [0.5, 0.6) is 11.5 Å². The van der Waals surface area contributed by atoms with E-state index in [0.717, 1.165) is 22.3 Å². The van der Waals surface area contributed by atoms with Gasteiger partial charge in [0.2, 0.25) is 11.8 Å². The summed E-state index contributed by atoms with van der Waals surface area (Å²) in [7, 11) is 0. The van der Waals surface area contributed by atoms with Crippen molar-refractivity contribution in [3.8, 4) is 11.5 Å². The van der Waals surface area contributed by atoms with Crippen LogP contribution in [0.4, 0.5) is 0 Å². The number of ether oxygens (including phenoxy) is 2. The van der Waals surface area contributed by atoms with Crippen molar-refractivity contribution in [2.24, 2.45) is 0 Å². The van der Waals surface area contributed by atoms with E-state index < -0.39 is 11.8 Å². The summed E-state index contributed by atoms with van der Waals surface area (Å²) in [6.07, 6.45) is 1.11. The van der Waals surface area contributed by atoms with Gasteiger partial charge in [-0.05, 0) is 63.8 Å². The highest BCUT2D eigenvalue weighted by atomic mass is 16.5. The summed E-state index contributed by atoms with van der Waals surface area (Å²) in [5.41, 5.74) is 13.2.